The quantitative estimate of drug-likeness (QED) is 0.759. The Kier molecular flexibility index (Phi) is 5.78. The first-order chi connectivity index (χ1) is 11.6. The lowest BCUT2D eigenvalue weighted by atomic mass is 10.1. The number of hydrogen-bond acceptors (Lipinski definition) is 6. The third-order valence-corrected chi connectivity index (χ3v) is 3.33. The highest BCUT2D eigenvalue weighted by Crippen LogP contribution is 2.26. The van der Waals surface area contributed by atoms with Crippen LogP contribution in [0.2, 0.25) is 0 Å². The van der Waals surface area contributed by atoms with E-state index < -0.39 is 18.0 Å². The second-order valence-corrected chi connectivity index (χ2v) is 4.82. The van der Waals surface area contributed by atoms with Crippen molar-refractivity contribution < 1.29 is 28.5 Å². The van der Waals surface area contributed by atoms with E-state index in [9.17, 15) is 9.59 Å². The standard InChI is InChI=1S/C18H18O6/c1-21-14-9-13(10-15(11-14)22-2)17(19)24-16(18(20)23-3)12-7-5-4-6-8-12/h4-11,16H,1-3H3. The van der Waals surface area contributed by atoms with Gasteiger partial charge in [-0.1, -0.05) is 30.3 Å². The number of carbonyl (C=O) groups is 2. The highest BCUT2D eigenvalue weighted by atomic mass is 16.6. The van der Waals surface area contributed by atoms with Crippen molar-refractivity contribution in [3.63, 3.8) is 0 Å². The summed E-state index contributed by atoms with van der Waals surface area (Å²) in [6.45, 7) is 0. The summed E-state index contributed by atoms with van der Waals surface area (Å²) in [5.41, 5.74) is 0.726. The van der Waals surface area contributed by atoms with Gasteiger partial charge in [-0.05, 0) is 12.1 Å². The van der Waals surface area contributed by atoms with E-state index >= 15 is 0 Å². The fourth-order valence-corrected chi connectivity index (χ4v) is 2.09. The van der Waals surface area contributed by atoms with Gasteiger partial charge in [-0.3, -0.25) is 0 Å². The minimum absolute atomic E-state index is 0.205. The second kappa shape index (κ2) is 8.01. The molecule has 0 aliphatic heterocycles. The molecule has 0 heterocycles. The normalized spacial score (nSPS) is 11.3. The molecule has 0 saturated carbocycles. The van der Waals surface area contributed by atoms with Crippen molar-refractivity contribution in [2.45, 2.75) is 6.10 Å². The molecular weight excluding hydrogens is 312 g/mol. The Bertz CT molecular complexity index is 688. The Morgan fingerprint density at radius 2 is 1.46 bits per heavy atom. The van der Waals surface area contributed by atoms with Crippen LogP contribution in [0.5, 0.6) is 11.5 Å². The van der Waals surface area contributed by atoms with E-state index in [4.69, 9.17) is 18.9 Å². The molecule has 24 heavy (non-hydrogen) atoms. The predicted molar refractivity (Wildman–Crippen MR) is 86.2 cm³/mol. The molecule has 0 aliphatic rings. The first-order valence-electron chi connectivity index (χ1n) is 7.16. The van der Waals surface area contributed by atoms with E-state index in [0.717, 1.165) is 0 Å². The molecule has 0 fully saturated rings. The van der Waals surface area contributed by atoms with Gasteiger partial charge in [0.15, 0.2) is 0 Å². The number of hydrogen-bond donors (Lipinski definition) is 0. The first-order valence-corrected chi connectivity index (χ1v) is 7.16. The fraction of sp³-hybridized carbons (Fsp3) is 0.222. The molecule has 0 bridgehead atoms. The molecule has 0 aliphatic carbocycles. The molecule has 6 heteroatoms. The minimum Gasteiger partial charge on any atom is -0.497 e. The van der Waals surface area contributed by atoms with Crippen molar-refractivity contribution in [1.29, 1.82) is 0 Å². The average molecular weight is 330 g/mol. The maximum Gasteiger partial charge on any atom is 0.351 e. The van der Waals surface area contributed by atoms with Crippen LogP contribution in [0.3, 0.4) is 0 Å². The lowest BCUT2D eigenvalue weighted by Gasteiger charge is -2.16. The van der Waals surface area contributed by atoms with Crippen LogP contribution in [0.15, 0.2) is 48.5 Å². The molecule has 6 nitrogen and oxygen atoms in total. The third-order valence-electron chi connectivity index (χ3n) is 3.33. The van der Waals surface area contributed by atoms with Gasteiger partial charge in [-0.2, -0.15) is 0 Å². The number of esters is 2. The van der Waals surface area contributed by atoms with Crippen LogP contribution in [0.25, 0.3) is 0 Å². The van der Waals surface area contributed by atoms with Gasteiger partial charge in [-0.15, -0.1) is 0 Å². The maximum absolute atomic E-state index is 12.4. The molecule has 1 unspecified atom stereocenters. The van der Waals surface area contributed by atoms with Crippen LogP contribution in [-0.2, 0) is 14.3 Å². The summed E-state index contributed by atoms with van der Waals surface area (Å²) in [5.74, 6) is -0.470. The van der Waals surface area contributed by atoms with E-state index in [2.05, 4.69) is 0 Å². The lowest BCUT2D eigenvalue weighted by molar-refractivity contribution is -0.151. The SMILES string of the molecule is COC(=O)C(OC(=O)c1cc(OC)cc(OC)c1)c1ccccc1. The van der Waals surface area contributed by atoms with E-state index in [0.29, 0.717) is 17.1 Å². The Labute approximate surface area is 139 Å². The van der Waals surface area contributed by atoms with E-state index in [1.54, 1.807) is 36.4 Å². The Morgan fingerprint density at radius 3 is 1.96 bits per heavy atom. The zero-order valence-corrected chi connectivity index (χ0v) is 13.6. The topological polar surface area (TPSA) is 71.1 Å². The highest BCUT2D eigenvalue weighted by molar-refractivity contribution is 5.92. The number of rotatable bonds is 6. The monoisotopic (exact) mass is 330 g/mol. The molecule has 0 spiro atoms. The van der Waals surface area contributed by atoms with Crippen molar-refractivity contribution in [3.8, 4) is 11.5 Å². The summed E-state index contributed by atoms with van der Waals surface area (Å²) in [5, 5.41) is 0. The Morgan fingerprint density at radius 1 is 0.875 bits per heavy atom. The van der Waals surface area contributed by atoms with Crippen LogP contribution >= 0.6 is 0 Å². The van der Waals surface area contributed by atoms with Gasteiger partial charge >= 0.3 is 11.9 Å². The van der Waals surface area contributed by atoms with Gasteiger partial charge < -0.3 is 18.9 Å². The van der Waals surface area contributed by atoms with Crippen LogP contribution in [0.1, 0.15) is 22.0 Å². The highest BCUT2D eigenvalue weighted by Gasteiger charge is 2.26. The number of ether oxygens (including phenoxy) is 4. The van der Waals surface area contributed by atoms with Crippen molar-refractivity contribution in [2.24, 2.45) is 0 Å². The summed E-state index contributed by atoms with van der Waals surface area (Å²) in [4.78, 5) is 24.4. The largest absolute Gasteiger partial charge is 0.497 e. The number of carbonyl (C=O) groups excluding carboxylic acids is 2. The van der Waals surface area contributed by atoms with E-state index in [1.165, 1.54) is 33.5 Å². The Balaban J connectivity index is 2.29. The number of methoxy groups -OCH3 is 3. The summed E-state index contributed by atoms with van der Waals surface area (Å²) in [7, 11) is 4.19. The molecule has 2 aromatic rings. The zero-order valence-electron chi connectivity index (χ0n) is 13.6. The van der Waals surface area contributed by atoms with Crippen LogP contribution in [0, 0.1) is 0 Å². The predicted octanol–water partition coefficient (Wildman–Crippen LogP) is 2.77. The molecule has 2 aromatic carbocycles. The van der Waals surface area contributed by atoms with Crippen molar-refractivity contribution in [2.75, 3.05) is 21.3 Å². The fourth-order valence-electron chi connectivity index (χ4n) is 2.09. The van der Waals surface area contributed by atoms with E-state index in [-0.39, 0.29) is 5.56 Å². The molecular formula is C18H18O6. The summed E-state index contributed by atoms with van der Waals surface area (Å²) < 4.78 is 20.3. The summed E-state index contributed by atoms with van der Waals surface area (Å²) in [6.07, 6.45) is -1.15. The van der Waals surface area contributed by atoms with Gasteiger partial charge in [0.25, 0.3) is 0 Å². The molecule has 0 saturated heterocycles. The average Bonchev–Trinajstić information content (AvgIpc) is 2.65. The smallest absolute Gasteiger partial charge is 0.351 e. The van der Waals surface area contributed by atoms with Gasteiger partial charge in [0, 0.05) is 11.6 Å². The third kappa shape index (κ3) is 4.04. The molecule has 0 amide bonds. The maximum atomic E-state index is 12.4. The van der Waals surface area contributed by atoms with Crippen molar-refractivity contribution >= 4 is 11.9 Å². The molecule has 0 radical (unpaired) electrons. The van der Waals surface area contributed by atoms with Gasteiger partial charge in [-0.25, -0.2) is 9.59 Å². The van der Waals surface area contributed by atoms with Crippen molar-refractivity contribution in [1.82, 2.24) is 0 Å². The summed E-state index contributed by atoms with van der Waals surface area (Å²) in [6, 6.07) is 13.3. The second-order valence-electron chi connectivity index (χ2n) is 4.82. The number of benzene rings is 2. The molecule has 126 valence electrons. The molecule has 0 N–H and O–H groups in total. The molecule has 0 aromatic heterocycles. The molecule has 2 rings (SSSR count). The minimum atomic E-state index is -1.15. The van der Waals surface area contributed by atoms with Crippen LogP contribution in [-0.4, -0.2) is 33.3 Å². The first kappa shape index (κ1) is 17.3. The summed E-state index contributed by atoms with van der Waals surface area (Å²) >= 11 is 0. The van der Waals surface area contributed by atoms with Crippen molar-refractivity contribution in [3.05, 3.63) is 59.7 Å². The molecule has 1 atom stereocenters. The zero-order chi connectivity index (χ0) is 17.5. The lowest BCUT2D eigenvalue weighted by Crippen LogP contribution is -2.21. The van der Waals surface area contributed by atoms with E-state index in [1.807, 2.05) is 0 Å². The van der Waals surface area contributed by atoms with Gasteiger partial charge in [0.05, 0.1) is 26.9 Å². The van der Waals surface area contributed by atoms with Crippen LogP contribution < -0.4 is 9.47 Å². The Hall–Kier alpha value is -3.02. The van der Waals surface area contributed by atoms with Gasteiger partial charge in [0.1, 0.15) is 11.5 Å². The van der Waals surface area contributed by atoms with Gasteiger partial charge in [0.2, 0.25) is 6.10 Å². The van der Waals surface area contributed by atoms with Crippen LogP contribution in [0.4, 0.5) is 0 Å².